The first-order valence-corrected chi connectivity index (χ1v) is 13.2. The smallest absolute Gasteiger partial charge is 0.303 e. The van der Waals surface area contributed by atoms with Crippen LogP contribution in [-0.4, -0.2) is 26.0 Å². The Bertz CT molecular complexity index is 1510. The van der Waals surface area contributed by atoms with Crippen molar-refractivity contribution in [1.82, 2.24) is 15.0 Å². The Labute approximate surface area is 220 Å². The van der Waals surface area contributed by atoms with Crippen LogP contribution in [0.25, 0.3) is 10.2 Å². The van der Waals surface area contributed by atoms with Crippen LogP contribution in [0.2, 0.25) is 0 Å². The molecule has 2 N–H and O–H groups in total. The Kier molecular flexibility index (Phi) is 7.51. The number of hydrogen-bond donors (Lipinski definition) is 2. The molecule has 0 fully saturated rings. The van der Waals surface area contributed by atoms with E-state index in [0.717, 1.165) is 39.6 Å². The summed E-state index contributed by atoms with van der Waals surface area (Å²) in [4.78, 5) is 25.3. The van der Waals surface area contributed by atoms with Gasteiger partial charge in [-0.2, -0.15) is 0 Å². The molecule has 0 saturated carbocycles. The maximum Gasteiger partial charge on any atom is 0.303 e. The summed E-state index contributed by atoms with van der Waals surface area (Å²) in [6.45, 7) is 2.16. The second-order valence-corrected chi connectivity index (χ2v) is 10.1. The Hall–Kier alpha value is -4.10. The Morgan fingerprint density at radius 2 is 1.57 bits per heavy atom. The van der Waals surface area contributed by atoms with Crippen molar-refractivity contribution in [2.45, 2.75) is 39.0 Å². The lowest BCUT2D eigenvalue weighted by molar-refractivity contribution is -0.136. The normalized spacial score (nSPS) is 11.1. The summed E-state index contributed by atoms with van der Waals surface area (Å²) in [7, 11) is 0. The third kappa shape index (κ3) is 6.57. The SMILES string of the molecule is CCc1ccc2nc(Cc3cc(Cc4ccccc4)nc(Nc4ccc(CCC(=O)O)cc4)n3)sc2c1. The molecule has 0 bridgehead atoms. The number of rotatable bonds is 10. The fourth-order valence-electron chi connectivity index (χ4n) is 4.20. The number of nitrogens with one attached hydrogen (secondary N) is 1. The van der Waals surface area contributed by atoms with E-state index < -0.39 is 5.97 Å². The van der Waals surface area contributed by atoms with Crippen LogP contribution in [0, 0.1) is 0 Å². The van der Waals surface area contributed by atoms with E-state index in [9.17, 15) is 4.79 Å². The van der Waals surface area contributed by atoms with Gasteiger partial charge < -0.3 is 10.4 Å². The summed E-state index contributed by atoms with van der Waals surface area (Å²) < 4.78 is 1.20. The molecule has 5 rings (SSSR count). The van der Waals surface area contributed by atoms with E-state index in [2.05, 4.69) is 48.6 Å². The molecule has 0 amide bonds. The van der Waals surface area contributed by atoms with Crippen LogP contribution in [-0.2, 0) is 30.5 Å². The number of carboxylic acids is 1. The number of carboxylic acid groups (broad SMARTS) is 1. The average Bonchev–Trinajstić information content (AvgIpc) is 3.30. The van der Waals surface area contributed by atoms with Gasteiger partial charge in [-0.25, -0.2) is 15.0 Å². The Morgan fingerprint density at radius 3 is 2.30 bits per heavy atom. The highest BCUT2D eigenvalue weighted by Gasteiger charge is 2.11. The van der Waals surface area contributed by atoms with E-state index in [1.165, 1.54) is 15.8 Å². The van der Waals surface area contributed by atoms with Gasteiger partial charge in [-0.3, -0.25) is 4.79 Å². The molecule has 6 nitrogen and oxygen atoms in total. The van der Waals surface area contributed by atoms with E-state index in [-0.39, 0.29) is 6.42 Å². The fourth-order valence-corrected chi connectivity index (χ4v) is 5.24. The van der Waals surface area contributed by atoms with E-state index in [0.29, 0.717) is 25.2 Å². The molecule has 2 aromatic heterocycles. The van der Waals surface area contributed by atoms with Crippen LogP contribution in [0.4, 0.5) is 11.6 Å². The molecule has 0 spiro atoms. The first-order chi connectivity index (χ1) is 18.0. The quantitative estimate of drug-likeness (QED) is 0.221. The predicted molar refractivity (Wildman–Crippen MR) is 149 cm³/mol. The van der Waals surface area contributed by atoms with Crippen LogP contribution in [0.1, 0.15) is 46.4 Å². The maximum atomic E-state index is 10.9. The standard InChI is InChI=1S/C30H28N4O2S/c1-2-20-10-14-26-27(17-20)37-28(34-26)19-25-18-24(16-22-6-4-3-5-7-22)32-30(33-25)31-23-12-8-21(9-13-23)11-15-29(35)36/h3-10,12-14,17-18H,2,11,15-16,19H2,1H3,(H,35,36)(H,31,32,33). The van der Waals surface area contributed by atoms with Crippen molar-refractivity contribution in [3.05, 3.63) is 112 Å². The van der Waals surface area contributed by atoms with Gasteiger partial charge in [0.25, 0.3) is 0 Å². The monoisotopic (exact) mass is 508 g/mol. The van der Waals surface area contributed by atoms with E-state index in [1.807, 2.05) is 42.5 Å². The number of thiazole rings is 1. The predicted octanol–water partition coefficient (Wildman–Crippen LogP) is 6.59. The van der Waals surface area contributed by atoms with Gasteiger partial charge in [0.15, 0.2) is 0 Å². The maximum absolute atomic E-state index is 10.9. The zero-order chi connectivity index (χ0) is 25.6. The number of fused-ring (bicyclic) bond motifs is 1. The summed E-state index contributed by atoms with van der Waals surface area (Å²) in [6.07, 6.45) is 2.97. The van der Waals surface area contributed by atoms with Gasteiger partial charge in [-0.1, -0.05) is 55.5 Å². The lowest BCUT2D eigenvalue weighted by Gasteiger charge is -2.10. The summed E-state index contributed by atoms with van der Waals surface area (Å²) in [5.74, 6) is -0.256. The van der Waals surface area contributed by atoms with Crippen LogP contribution in [0.3, 0.4) is 0 Å². The molecule has 2 heterocycles. The molecular weight excluding hydrogens is 480 g/mol. The number of aryl methyl sites for hydroxylation is 2. The molecule has 0 aliphatic carbocycles. The van der Waals surface area contributed by atoms with Crippen LogP contribution in [0.5, 0.6) is 0 Å². The largest absolute Gasteiger partial charge is 0.481 e. The zero-order valence-corrected chi connectivity index (χ0v) is 21.5. The molecule has 0 radical (unpaired) electrons. The van der Waals surface area contributed by atoms with Crippen molar-refractivity contribution >= 4 is 39.2 Å². The van der Waals surface area contributed by atoms with E-state index in [4.69, 9.17) is 20.1 Å². The zero-order valence-electron chi connectivity index (χ0n) is 20.6. The van der Waals surface area contributed by atoms with Gasteiger partial charge in [0.2, 0.25) is 5.95 Å². The Morgan fingerprint density at radius 1 is 0.838 bits per heavy atom. The van der Waals surface area contributed by atoms with Crippen molar-refractivity contribution in [2.75, 3.05) is 5.32 Å². The molecule has 0 aliphatic rings. The van der Waals surface area contributed by atoms with Crippen LogP contribution < -0.4 is 5.32 Å². The second-order valence-electron chi connectivity index (χ2n) is 8.99. The lowest BCUT2D eigenvalue weighted by atomic mass is 10.1. The minimum atomic E-state index is -0.794. The average molecular weight is 509 g/mol. The number of benzene rings is 3. The minimum absolute atomic E-state index is 0.117. The van der Waals surface area contributed by atoms with Gasteiger partial charge in [0, 0.05) is 24.9 Å². The summed E-state index contributed by atoms with van der Waals surface area (Å²) in [5, 5.41) is 13.3. The highest BCUT2D eigenvalue weighted by atomic mass is 32.1. The van der Waals surface area contributed by atoms with Crippen molar-refractivity contribution in [1.29, 1.82) is 0 Å². The number of hydrogen-bond acceptors (Lipinski definition) is 6. The molecule has 186 valence electrons. The first-order valence-electron chi connectivity index (χ1n) is 12.4. The third-order valence-electron chi connectivity index (χ3n) is 6.14. The molecule has 3 aromatic carbocycles. The summed E-state index contributed by atoms with van der Waals surface area (Å²) in [5.41, 5.74) is 7.21. The van der Waals surface area contributed by atoms with Crippen LogP contribution in [0.15, 0.2) is 78.9 Å². The minimum Gasteiger partial charge on any atom is -0.481 e. The van der Waals surface area contributed by atoms with Crippen molar-refractivity contribution in [3.8, 4) is 0 Å². The van der Waals surface area contributed by atoms with Gasteiger partial charge >= 0.3 is 5.97 Å². The number of aromatic nitrogens is 3. The van der Waals surface area contributed by atoms with Gasteiger partial charge in [-0.05, 0) is 59.9 Å². The molecule has 37 heavy (non-hydrogen) atoms. The van der Waals surface area contributed by atoms with Gasteiger partial charge in [0.05, 0.1) is 26.6 Å². The summed E-state index contributed by atoms with van der Waals surface area (Å²) in [6, 6.07) is 26.6. The Balaban J connectivity index is 1.40. The molecule has 7 heteroatoms. The van der Waals surface area contributed by atoms with Crippen molar-refractivity contribution < 1.29 is 9.90 Å². The number of aliphatic carboxylic acids is 1. The topological polar surface area (TPSA) is 88.0 Å². The van der Waals surface area contributed by atoms with Crippen molar-refractivity contribution in [2.24, 2.45) is 0 Å². The molecule has 0 unspecified atom stereocenters. The molecule has 0 atom stereocenters. The molecule has 0 saturated heterocycles. The van der Waals surface area contributed by atoms with Gasteiger partial charge in [-0.15, -0.1) is 11.3 Å². The van der Waals surface area contributed by atoms with Gasteiger partial charge in [0.1, 0.15) is 0 Å². The number of carbonyl (C=O) groups is 1. The lowest BCUT2D eigenvalue weighted by Crippen LogP contribution is -2.05. The van der Waals surface area contributed by atoms with Crippen molar-refractivity contribution in [3.63, 3.8) is 0 Å². The second kappa shape index (κ2) is 11.3. The summed E-state index contributed by atoms with van der Waals surface area (Å²) >= 11 is 1.72. The highest BCUT2D eigenvalue weighted by molar-refractivity contribution is 7.18. The van der Waals surface area contributed by atoms with Crippen LogP contribution >= 0.6 is 11.3 Å². The molecule has 5 aromatic rings. The number of nitrogens with zero attached hydrogens (tertiary/aromatic N) is 3. The first kappa shape index (κ1) is 24.6. The fraction of sp³-hybridized carbons (Fsp3) is 0.200. The molecule has 0 aliphatic heterocycles. The van der Waals surface area contributed by atoms with E-state index in [1.54, 1.807) is 11.3 Å². The third-order valence-corrected chi connectivity index (χ3v) is 7.15. The number of anilines is 2. The highest BCUT2D eigenvalue weighted by Crippen LogP contribution is 2.26. The molecular formula is C30H28N4O2S. The van der Waals surface area contributed by atoms with E-state index >= 15 is 0 Å².